The third-order valence-corrected chi connectivity index (χ3v) is 6.65. The van der Waals surface area contributed by atoms with Crippen molar-refractivity contribution in [3.05, 3.63) is 71.8 Å². The fourth-order valence-corrected chi connectivity index (χ4v) is 4.76. The highest BCUT2D eigenvalue weighted by Gasteiger charge is 2.33. The van der Waals surface area contributed by atoms with E-state index in [4.69, 9.17) is 17.3 Å². The molecule has 0 N–H and O–H groups in total. The molecule has 4 rings (SSSR count). The fraction of sp³-hybridized carbons (Fsp3) is 0.318. The number of hydrogen-bond donors (Lipinski definition) is 0. The van der Waals surface area contributed by atoms with E-state index in [1.165, 1.54) is 24.6 Å². The molecule has 2 heterocycles. The minimum absolute atomic E-state index is 0.00586. The molecule has 28 heavy (non-hydrogen) atoms. The summed E-state index contributed by atoms with van der Waals surface area (Å²) in [5.41, 5.74) is 3.13. The smallest absolute Gasteiger partial charge is 0.253 e. The van der Waals surface area contributed by atoms with Crippen molar-refractivity contribution in [1.82, 2.24) is 9.91 Å². The van der Waals surface area contributed by atoms with Crippen LogP contribution >= 0.6 is 24.0 Å². The summed E-state index contributed by atoms with van der Waals surface area (Å²) in [5.74, 6) is 0.330. The van der Waals surface area contributed by atoms with Crippen LogP contribution in [0.15, 0.2) is 65.8 Å². The molecule has 144 valence electrons. The Morgan fingerprint density at radius 2 is 1.68 bits per heavy atom. The van der Waals surface area contributed by atoms with Gasteiger partial charge in [0.05, 0.1) is 17.5 Å². The normalized spacial score (nSPS) is 19.0. The molecular weight excluding hydrogens is 386 g/mol. The molecule has 1 saturated heterocycles. The number of likely N-dealkylation sites (tertiary alicyclic amines) is 1. The summed E-state index contributed by atoms with van der Waals surface area (Å²) in [6, 6.07) is 20.2. The number of amides is 1. The van der Waals surface area contributed by atoms with Crippen LogP contribution in [0.3, 0.4) is 0 Å². The van der Waals surface area contributed by atoms with Gasteiger partial charge < -0.3 is 4.90 Å². The average molecular weight is 410 g/mol. The largest absolute Gasteiger partial charge is 0.358 e. The van der Waals surface area contributed by atoms with Crippen molar-refractivity contribution in [3.8, 4) is 0 Å². The zero-order valence-electron chi connectivity index (χ0n) is 15.7. The topological polar surface area (TPSA) is 35.9 Å². The van der Waals surface area contributed by atoms with E-state index in [-0.39, 0.29) is 11.9 Å². The molecule has 0 saturated carbocycles. The minimum atomic E-state index is -0.0649. The summed E-state index contributed by atoms with van der Waals surface area (Å²) in [4.78, 5) is 15.2. The van der Waals surface area contributed by atoms with Crippen molar-refractivity contribution in [1.29, 1.82) is 0 Å². The van der Waals surface area contributed by atoms with Gasteiger partial charge in [0, 0.05) is 19.5 Å². The van der Waals surface area contributed by atoms with Crippen molar-refractivity contribution in [2.24, 2.45) is 5.10 Å². The predicted molar refractivity (Wildman–Crippen MR) is 119 cm³/mol. The Morgan fingerprint density at radius 3 is 2.36 bits per heavy atom. The second-order valence-corrected chi connectivity index (χ2v) is 8.64. The van der Waals surface area contributed by atoms with Crippen LogP contribution in [-0.2, 0) is 4.79 Å². The van der Waals surface area contributed by atoms with Crippen LogP contribution in [0.1, 0.15) is 36.4 Å². The Labute approximate surface area is 175 Å². The molecule has 6 heteroatoms. The van der Waals surface area contributed by atoms with Gasteiger partial charge in [-0.15, -0.1) is 0 Å². The van der Waals surface area contributed by atoms with Crippen molar-refractivity contribution in [3.63, 3.8) is 0 Å². The molecule has 2 aliphatic heterocycles. The van der Waals surface area contributed by atoms with Gasteiger partial charge in [0.2, 0.25) is 0 Å². The quantitative estimate of drug-likeness (QED) is 0.698. The molecule has 0 aliphatic carbocycles. The predicted octanol–water partition coefficient (Wildman–Crippen LogP) is 4.48. The number of nitrogens with zero attached hydrogens (tertiary/aromatic N) is 3. The Hall–Kier alpha value is -2.18. The van der Waals surface area contributed by atoms with Crippen LogP contribution < -0.4 is 0 Å². The van der Waals surface area contributed by atoms with E-state index in [1.54, 1.807) is 5.01 Å². The van der Waals surface area contributed by atoms with Gasteiger partial charge in [-0.1, -0.05) is 84.6 Å². The van der Waals surface area contributed by atoms with Crippen LogP contribution in [0.5, 0.6) is 0 Å². The third kappa shape index (κ3) is 4.28. The maximum Gasteiger partial charge on any atom is 0.253 e. The van der Waals surface area contributed by atoms with E-state index in [9.17, 15) is 4.79 Å². The van der Waals surface area contributed by atoms with Crippen LogP contribution in [0.2, 0.25) is 0 Å². The molecule has 0 unspecified atom stereocenters. The highest BCUT2D eigenvalue weighted by Crippen LogP contribution is 2.33. The van der Waals surface area contributed by atoms with Crippen LogP contribution in [0.4, 0.5) is 0 Å². The lowest BCUT2D eigenvalue weighted by molar-refractivity contribution is -0.130. The maximum atomic E-state index is 13.0. The first kappa shape index (κ1) is 19.2. The fourth-order valence-electron chi connectivity index (χ4n) is 3.66. The lowest BCUT2D eigenvalue weighted by atomic mass is 9.98. The second-order valence-electron chi connectivity index (χ2n) is 7.03. The highest BCUT2D eigenvalue weighted by molar-refractivity contribution is 8.23. The Bertz CT molecular complexity index is 864. The van der Waals surface area contributed by atoms with E-state index >= 15 is 0 Å². The van der Waals surface area contributed by atoms with Crippen molar-refractivity contribution >= 4 is 39.9 Å². The summed E-state index contributed by atoms with van der Waals surface area (Å²) in [5, 5.41) is 6.39. The van der Waals surface area contributed by atoms with Gasteiger partial charge in [-0.05, 0) is 24.0 Å². The number of thiocarbonyl (C=S) groups is 1. The first-order valence-electron chi connectivity index (χ1n) is 9.64. The number of hydrogen-bond acceptors (Lipinski definition) is 4. The molecule has 0 bridgehead atoms. The summed E-state index contributed by atoms with van der Waals surface area (Å²) in [6.45, 7) is 2.01. The SMILES string of the molecule is O=C(CSC(=S)N1CCCC1)N1N=C(c2ccccc2)C[C@@H]1c1ccccc1. The molecular formula is C22H23N3OS2. The number of carbonyl (C=O) groups excluding carboxylic acids is 1. The maximum absolute atomic E-state index is 13.0. The number of hydrazone groups is 1. The summed E-state index contributed by atoms with van der Waals surface area (Å²) in [7, 11) is 0. The van der Waals surface area contributed by atoms with Crippen LogP contribution in [0, 0.1) is 0 Å². The molecule has 1 fully saturated rings. The van der Waals surface area contributed by atoms with Gasteiger partial charge in [-0.3, -0.25) is 4.79 Å². The van der Waals surface area contributed by atoms with Gasteiger partial charge in [0.15, 0.2) is 0 Å². The van der Waals surface area contributed by atoms with Gasteiger partial charge in [-0.2, -0.15) is 5.10 Å². The van der Waals surface area contributed by atoms with Gasteiger partial charge in [0.1, 0.15) is 4.32 Å². The van der Waals surface area contributed by atoms with E-state index in [2.05, 4.69) is 17.0 Å². The van der Waals surface area contributed by atoms with Gasteiger partial charge in [0.25, 0.3) is 5.91 Å². The molecule has 1 amide bonds. The molecule has 2 aromatic carbocycles. The first-order valence-corrected chi connectivity index (χ1v) is 11.0. The molecule has 2 aromatic rings. The molecule has 0 radical (unpaired) electrons. The number of carbonyl (C=O) groups is 1. The van der Waals surface area contributed by atoms with Crippen molar-refractivity contribution in [2.75, 3.05) is 18.8 Å². The first-order chi connectivity index (χ1) is 13.7. The Morgan fingerprint density at radius 1 is 1.04 bits per heavy atom. The third-order valence-electron chi connectivity index (χ3n) is 5.14. The van der Waals surface area contributed by atoms with E-state index < -0.39 is 0 Å². The lowest BCUT2D eigenvalue weighted by Gasteiger charge is -2.23. The van der Waals surface area contributed by atoms with Crippen molar-refractivity contribution < 1.29 is 4.79 Å². The molecule has 4 nitrogen and oxygen atoms in total. The van der Waals surface area contributed by atoms with Crippen LogP contribution in [0.25, 0.3) is 0 Å². The second kappa shape index (κ2) is 8.88. The Balaban J connectivity index is 1.51. The lowest BCUT2D eigenvalue weighted by Crippen LogP contribution is -2.30. The molecule has 2 aliphatic rings. The van der Waals surface area contributed by atoms with Gasteiger partial charge in [-0.25, -0.2) is 5.01 Å². The molecule has 0 aromatic heterocycles. The number of thioether (sulfide) groups is 1. The van der Waals surface area contributed by atoms with Gasteiger partial charge >= 0.3 is 0 Å². The molecule has 0 spiro atoms. The average Bonchev–Trinajstić information content (AvgIpc) is 3.43. The highest BCUT2D eigenvalue weighted by atomic mass is 32.2. The van der Waals surface area contributed by atoms with Crippen LogP contribution in [-0.4, -0.2) is 44.7 Å². The van der Waals surface area contributed by atoms with E-state index in [1.807, 2.05) is 48.5 Å². The summed E-state index contributed by atoms with van der Waals surface area (Å²) in [6.07, 6.45) is 3.09. The van der Waals surface area contributed by atoms with E-state index in [0.29, 0.717) is 5.75 Å². The number of rotatable bonds is 4. The minimum Gasteiger partial charge on any atom is -0.358 e. The van der Waals surface area contributed by atoms with E-state index in [0.717, 1.165) is 40.7 Å². The summed E-state index contributed by atoms with van der Waals surface area (Å²) < 4.78 is 0.827. The Kier molecular flexibility index (Phi) is 6.07. The monoisotopic (exact) mass is 409 g/mol. The van der Waals surface area contributed by atoms with Crippen molar-refractivity contribution in [2.45, 2.75) is 25.3 Å². The zero-order valence-corrected chi connectivity index (χ0v) is 17.3. The number of benzene rings is 2. The zero-order chi connectivity index (χ0) is 19.3. The summed E-state index contributed by atoms with van der Waals surface area (Å²) >= 11 is 6.97. The standard InChI is InChI=1S/C22H23N3OS2/c26-21(16-28-22(27)24-13-7-8-14-24)25-20(18-11-5-2-6-12-18)15-19(23-25)17-9-3-1-4-10-17/h1-6,9-12,20H,7-8,13-16H2/t20-/m1/s1. The molecule has 1 atom stereocenters.